The van der Waals surface area contributed by atoms with Gasteiger partial charge in [-0.05, 0) is 69.7 Å². The van der Waals surface area contributed by atoms with Gasteiger partial charge in [0.25, 0.3) is 0 Å². The predicted octanol–water partition coefficient (Wildman–Crippen LogP) is 5.69. The fraction of sp³-hybridized carbons (Fsp3) is 0.333. The van der Waals surface area contributed by atoms with E-state index < -0.39 is 0 Å². The Labute approximate surface area is 140 Å². The lowest BCUT2D eigenvalue weighted by Gasteiger charge is -1.92. The molecule has 0 aliphatic heterocycles. The molecule has 0 saturated carbocycles. The number of aromatic nitrogens is 1. The van der Waals surface area contributed by atoms with Gasteiger partial charge in [-0.3, -0.25) is 9.78 Å². The van der Waals surface area contributed by atoms with Gasteiger partial charge in [0.15, 0.2) is 5.78 Å². The summed E-state index contributed by atoms with van der Waals surface area (Å²) < 4.78 is 0. The molecule has 0 fully saturated rings. The van der Waals surface area contributed by atoms with Gasteiger partial charge in [-0.1, -0.05) is 42.5 Å². The molecule has 0 aliphatic rings. The first-order valence-electron chi connectivity index (χ1n) is 8.35. The van der Waals surface area contributed by atoms with E-state index in [2.05, 4.69) is 41.4 Å². The largest absolute Gasteiger partial charge is 0.295 e. The molecule has 1 aromatic rings. The molecule has 0 N–H and O–H groups in total. The quantitative estimate of drug-likeness (QED) is 0.298. The Morgan fingerprint density at radius 3 is 2.22 bits per heavy atom. The van der Waals surface area contributed by atoms with Crippen LogP contribution in [0.3, 0.4) is 0 Å². The molecule has 0 saturated heterocycles. The second kappa shape index (κ2) is 13.4. The highest BCUT2D eigenvalue weighted by molar-refractivity contribution is 5.87. The van der Waals surface area contributed by atoms with Crippen molar-refractivity contribution in [2.45, 2.75) is 45.4 Å². The highest BCUT2D eigenvalue weighted by Crippen LogP contribution is 2.03. The lowest BCUT2D eigenvalue weighted by molar-refractivity contribution is -0.112. The van der Waals surface area contributed by atoms with Gasteiger partial charge in [0.05, 0.1) is 5.69 Å². The van der Waals surface area contributed by atoms with E-state index in [9.17, 15) is 4.79 Å². The summed E-state index contributed by atoms with van der Waals surface area (Å²) in [6.07, 6.45) is 24.7. The third-order valence-electron chi connectivity index (χ3n) is 3.20. The Balaban J connectivity index is 1.99. The fourth-order valence-corrected chi connectivity index (χ4v) is 1.98. The minimum atomic E-state index is 0.123. The van der Waals surface area contributed by atoms with Crippen LogP contribution in [0.1, 0.15) is 51.1 Å². The molecule has 122 valence electrons. The number of carbonyl (C=O) groups is 1. The molecule has 0 radical (unpaired) electrons. The van der Waals surface area contributed by atoms with Gasteiger partial charge in [-0.15, -0.1) is 0 Å². The minimum Gasteiger partial charge on any atom is -0.295 e. The second-order valence-electron chi connectivity index (χ2n) is 5.39. The van der Waals surface area contributed by atoms with Gasteiger partial charge in [0.1, 0.15) is 0 Å². The molecule has 0 spiro atoms. The van der Waals surface area contributed by atoms with E-state index in [4.69, 9.17) is 0 Å². The Bertz CT molecular complexity index is 538. The van der Waals surface area contributed by atoms with Gasteiger partial charge < -0.3 is 0 Å². The molecular formula is C21H27NO. The first kappa shape index (κ1) is 18.8. The Morgan fingerprint density at radius 2 is 1.61 bits per heavy atom. The Morgan fingerprint density at radius 1 is 0.957 bits per heavy atom. The molecule has 0 amide bonds. The molecule has 0 atom stereocenters. The smallest absolute Gasteiger partial charge is 0.152 e. The first-order valence-corrected chi connectivity index (χ1v) is 8.35. The topological polar surface area (TPSA) is 30.0 Å². The first-order chi connectivity index (χ1) is 11.3. The molecule has 0 unspecified atom stereocenters. The van der Waals surface area contributed by atoms with Crippen molar-refractivity contribution in [2.24, 2.45) is 0 Å². The normalized spacial score (nSPS) is 12.2. The molecule has 1 rings (SSSR count). The summed E-state index contributed by atoms with van der Waals surface area (Å²) in [5.74, 6) is 0.123. The van der Waals surface area contributed by atoms with Crippen molar-refractivity contribution in [1.82, 2.24) is 4.98 Å². The highest BCUT2D eigenvalue weighted by atomic mass is 16.1. The van der Waals surface area contributed by atoms with E-state index >= 15 is 0 Å². The van der Waals surface area contributed by atoms with Crippen molar-refractivity contribution < 1.29 is 4.79 Å². The van der Waals surface area contributed by atoms with Crippen LogP contribution >= 0.6 is 0 Å². The van der Waals surface area contributed by atoms with E-state index in [1.807, 2.05) is 30.5 Å². The predicted molar refractivity (Wildman–Crippen MR) is 99.1 cm³/mol. The summed E-state index contributed by atoms with van der Waals surface area (Å²) in [5, 5.41) is 0. The van der Waals surface area contributed by atoms with Crippen LogP contribution in [0.4, 0.5) is 0 Å². The van der Waals surface area contributed by atoms with Crippen LogP contribution in [0.15, 0.2) is 66.9 Å². The minimum absolute atomic E-state index is 0.123. The summed E-state index contributed by atoms with van der Waals surface area (Å²) in [6.45, 7) is 1.58. The number of ketones is 1. The number of allylic oxidation sites excluding steroid dienone is 7. The average Bonchev–Trinajstić information content (AvgIpc) is 2.56. The molecule has 0 bridgehead atoms. The van der Waals surface area contributed by atoms with Crippen LogP contribution < -0.4 is 0 Å². The van der Waals surface area contributed by atoms with Crippen LogP contribution in [0.2, 0.25) is 0 Å². The number of rotatable bonds is 11. The zero-order valence-corrected chi connectivity index (χ0v) is 14.0. The summed E-state index contributed by atoms with van der Waals surface area (Å²) in [4.78, 5) is 15.0. The Hall–Kier alpha value is -2.22. The maximum Gasteiger partial charge on any atom is 0.152 e. The number of carbonyl (C=O) groups excluding carboxylic acids is 1. The third-order valence-corrected chi connectivity index (χ3v) is 3.20. The zero-order valence-electron chi connectivity index (χ0n) is 14.0. The molecule has 2 heteroatoms. The van der Waals surface area contributed by atoms with Crippen molar-refractivity contribution in [3.05, 3.63) is 72.6 Å². The average molecular weight is 309 g/mol. The van der Waals surface area contributed by atoms with E-state index in [1.54, 1.807) is 13.0 Å². The summed E-state index contributed by atoms with van der Waals surface area (Å²) in [6, 6.07) is 5.94. The van der Waals surface area contributed by atoms with Gasteiger partial charge in [-0.2, -0.15) is 0 Å². The number of pyridine rings is 1. The molecule has 0 aromatic carbocycles. The van der Waals surface area contributed by atoms with E-state index in [-0.39, 0.29) is 5.78 Å². The zero-order chi connectivity index (χ0) is 16.6. The summed E-state index contributed by atoms with van der Waals surface area (Å²) >= 11 is 0. The Kier molecular flexibility index (Phi) is 11.0. The van der Waals surface area contributed by atoms with E-state index in [1.165, 1.54) is 0 Å². The van der Waals surface area contributed by atoms with Crippen LogP contribution in [-0.2, 0) is 4.79 Å². The van der Waals surface area contributed by atoms with Crippen LogP contribution in [-0.4, -0.2) is 10.8 Å². The third kappa shape index (κ3) is 12.0. The van der Waals surface area contributed by atoms with Gasteiger partial charge in [0, 0.05) is 6.20 Å². The molecule has 0 aliphatic carbocycles. The van der Waals surface area contributed by atoms with Crippen LogP contribution in [0, 0.1) is 0 Å². The number of hydrogen-bond acceptors (Lipinski definition) is 2. The summed E-state index contributed by atoms with van der Waals surface area (Å²) in [7, 11) is 0. The van der Waals surface area contributed by atoms with Gasteiger partial charge >= 0.3 is 0 Å². The van der Waals surface area contributed by atoms with Crippen molar-refractivity contribution in [1.29, 1.82) is 0 Å². The number of unbranched alkanes of at least 4 members (excludes halogenated alkanes) is 4. The van der Waals surface area contributed by atoms with Crippen LogP contribution in [0.25, 0.3) is 6.08 Å². The SMILES string of the molecule is CC(=O)/C=C/CCC/C=C/C=C/CCC/C=C/c1ccccn1. The maximum absolute atomic E-state index is 10.7. The van der Waals surface area contributed by atoms with E-state index in [0.29, 0.717) is 0 Å². The molecular weight excluding hydrogens is 282 g/mol. The van der Waals surface area contributed by atoms with Gasteiger partial charge in [-0.25, -0.2) is 0 Å². The van der Waals surface area contributed by atoms with Crippen molar-refractivity contribution >= 4 is 11.9 Å². The molecule has 23 heavy (non-hydrogen) atoms. The monoisotopic (exact) mass is 309 g/mol. The second-order valence-corrected chi connectivity index (χ2v) is 5.39. The van der Waals surface area contributed by atoms with Crippen molar-refractivity contribution in [3.63, 3.8) is 0 Å². The molecule has 1 aromatic heterocycles. The number of nitrogens with zero attached hydrogens (tertiary/aromatic N) is 1. The fourth-order valence-electron chi connectivity index (χ4n) is 1.98. The molecule has 2 nitrogen and oxygen atoms in total. The highest BCUT2D eigenvalue weighted by Gasteiger charge is 1.85. The lowest BCUT2D eigenvalue weighted by atomic mass is 10.2. The maximum atomic E-state index is 10.7. The number of hydrogen-bond donors (Lipinski definition) is 0. The van der Waals surface area contributed by atoms with Gasteiger partial charge in [0.2, 0.25) is 0 Å². The van der Waals surface area contributed by atoms with Crippen molar-refractivity contribution in [2.75, 3.05) is 0 Å². The van der Waals surface area contributed by atoms with E-state index in [0.717, 1.165) is 44.2 Å². The summed E-state index contributed by atoms with van der Waals surface area (Å²) in [5.41, 5.74) is 1.02. The lowest BCUT2D eigenvalue weighted by Crippen LogP contribution is -1.79. The standard InChI is InChI=1S/C21H27NO/c1-20(23)16-12-10-8-6-4-2-3-5-7-9-11-13-17-21-18-14-15-19-22-21/h2-5,12-19H,6-11H2,1H3/b4-2+,5-3+,16-12+,17-13+. The molecule has 1 heterocycles. The van der Waals surface area contributed by atoms with Crippen LogP contribution in [0.5, 0.6) is 0 Å². The van der Waals surface area contributed by atoms with Crippen molar-refractivity contribution in [3.8, 4) is 0 Å².